The molecular weight excluding hydrogens is 701 g/mol. The third-order valence-electron chi connectivity index (χ3n) is 10.9. The number of aromatic nitrogens is 2. The van der Waals surface area contributed by atoms with Crippen molar-refractivity contribution in [1.82, 2.24) is 9.97 Å². The SMILES string of the molecule is c1ccc(-c2ccc(-c3c(-c4ccc(-c5ccccc5)cc4)c(-c4ccccc4)c4nc(-c5ccccc5)c(-c5ccccc5)nc4c3-c3ccccc3)cc2)cc1. The van der Waals surface area contributed by atoms with E-state index in [1.165, 1.54) is 22.3 Å². The summed E-state index contributed by atoms with van der Waals surface area (Å²) in [6.07, 6.45) is 0. The summed E-state index contributed by atoms with van der Waals surface area (Å²) in [5.74, 6) is 0. The van der Waals surface area contributed by atoms with Gasteiger partial charge in [0.25, 0.3) is 0 Å². The molecule has 58 heavy (non-hydrogen) atoms. The molecule has 272 valence electrons. The van der Waals surface area contributed by atoms with E-state index in [-0.39, 0.29) is 0 Å². The van der Waals surface area contributed by atoms with Crippen LogP contribution in [0.25, 0.3) is 100 Å². The lowest BCUT2D eigenvalue weighted by atomic mass is 9.80. The highest BCUT2D eigenvalue weighted by Gasteiger charge is 2.28. The molecule has 0 spiro atoms. The quantitative estimate of drug-likeness (QED) is 0.155. The van der Waals surface area contributed by atoms with Crippen LogP contribution in [0.2, 0.25) is 0 Å². The molecule has 9 aromatic carbocycles. The standard InChI is InChI=1S/C56H38N2/c1-7-19-39(20-8-1)41-31-35-45(36-32-41)49-50(46-37-33-42(34-38-46)40-21-9-2-10-22-40)52(44-25-13-4-14-26-44)56-55(51(49)43-23-11-3-12-24-43)57-53(47-27-15-5-16-28-47)54(58-56)48-29-17-6-18-30-48/h1-38H. The van der Waals surface area contributed by atoms with Gasteiger partial charge in [0, 0.05) is 33.4 Å². The van der Waals surface area contributed by atoms with Crippen molar-refractivity contribution in [2.24, 2.45) is 0 Å². The molecule has 10 rings (SSSR count). The maximum atomic E-state index is 5.76. The topological polar surface area (TPSA) is 25.8 Å². The van der Waals surface area contributed by atoms with E-state index in [0.29, 0.717) is 0 Å². The summed E-state index contributed by atoms with van der Waals surface area (Å²) < 4.78 is 0. The van der Waals surface area contributed by atoms with Gasteiger partial charge in [-0.2, -0.15) is 0 Å². The third kappa shape index (κ3) is 6.57. The molecule has 1 aromatic heterocycles. The molecule has 0 saturated carbocycles. The van der Waals surface area contributed by atoms with Crippen LogP contribution in [-0.4, -0.2) is 9.97 Å². The number of nitrogens with zero attached hydrogens (tertiary/aromatic N) is 2. The highest BCUT2D eigenvalue weighted by atomic mass is 14.8. The van der Waals surface area contributed by atoms with E-state index in [1.54, 1.807) is 0 Å². The fraction of sp³-hybridized carbons (Fsp3) is 0. The molecule has 0 N–H and O–H groups in total. The fourth-order valence-electron chi connectivity index (χ4n) is 8.13. The molecule has 0 aliphatic rings. The summed E-state index contributed by atoms with van der Waals surface area (Å²) >= 11 is 0. The number of benzene rings is 9. The van der Waals surface area contributed by atoms with Crippen molar-refractivity contribution in [2.45, 2.75) is 0 Å². The first kappa shape index (κ1) is 34.8. The normalized spacial score (nSPS) is 11.1. The zero-order valence-corrected chi connectivity index (χ0v) is 31.8. The summed E-state index contributed by atoms with van der Waals surface area (Å²) in [5, 5.41) is 0. The van der Waals surface area contributed by atoms with Gasteiger partial charge in [-0.15, -0.1) is 0 Å². The first-order chi connectivity index (χ1) is 28.8. The lowest BCUT2D eigenvalue weighted by Crippen LogP contribution is -2.03. The number of fused-ring (bicyclic) bond motifs is 1. The van der Waals surface area contributed by atoms with Crippen molar-refractivity contribution in [1.29, 1.82) is 0 Å². The molecule has 1 heterocycles. The smallest absolute Gasteiger partial charge is 0.0986 e. The van der Waals surface area contributed by atoms with Gasteiger partial charge in [-0.3, -0.25) is 0 Å². The van der Waals surface area contributed by atoms with Gasteiger partial charge in [0.1, 0.15) is 0 Å². The minimum absolute atomic E-state index is 0.848. The van der Waals surface area contributed by atoms with Crippen LogP contribution in [0.5, 0.6) is 0 Å². The van der Waals surface area contributed by atoms with Gasteiger partial charge in [0.2, 0.25) is 0 Å². The number of rotatable bonds is 8. The van der Waals surface area contributed by atoms with E-state index in [1.807, 2.05) is 0 Å². The minimum Gasteiger partial charge on any atom is -0.243 e. The fourth-order valence-corrected chi connectivity index (χ4v) is 8.13. The molecule has 10 aromatic rings. The first-order valence-electron chi connectivity index (χ1n) is 19.8. The first-order valence-corrected chi connectivity index (χ1v) is 19.8. The van der Waals surface area contributed by atoms with Crippen molar-refractivity contribution < 1.29 is 0 Å². The predicted molar refractivity (Wildman–Crippen MR) is 243 cm³/mol. The molecule has 0 atom stereocenters. The van der Waals surface area contributed by atoms with Crippen molar-refractivity contribution in [3.63, 3.8) is 0 Å². The molecule has 2 heteroatoms. The highest BCUT2D eigenvalue weighted by Crippen LogP contribution is 2.51. The zero-order chi connectivity index (χ0) is 38.7. The van der Waals surface area contributed by atoms with Crippen LogP contribution in [0.15, 0.2) is 231 Å². The molecule has 0 aliphatic carbocycles. The van der Waals surface area contributed by atoms with Crippen molar-refractivity contribution in [3.8, 4) is 89.3 Å². The minimum atomic E-state index is 0.848. The Morgan fingerprint density at radius 2 is 0.379 bits per heavy atom. The second-order valence-electron chi connectivity index (χ2n) is 14.5. The van der Waals surface area contributed by atoms with Crippen LogP contribution in [0.1, 0.15) is 0 Å². The number of hydrogen-bond donors (Lipinski definition) is 0. The summed E-state index contributed by atoms with van der Waals surface area (Å²) in [7, 11) is 0. The largest absolute Gasteiger partial charge is 0.243 e. The average molecular weight is 739 g/mol. The Hall–Kier alpha value is -7.68. The molecular formula is C56H38N2. The summed E-state index contributed by atoms with van der Waals surface area (Å²) in [5.41, 5.74) is 18.9. The zero-order valence-electron chi connectivity index (χ0n) is 31.8. The highest BCUT2D eigenvalue weighted by molar-refractivity contribution is 6.16. The lowest BCUT2D eigenvalue weighted by Gasteiger charge is -2.24. The van der Waals surface area contributed by atoms with E-state index in [4.69, 9.17) is 9.97 Å². The van der Waals surface area contributed by atoms with Gasteiger partial charge in [0.05, 0.1) is 22.4 Å². The molecule has 2 nitrogen and oxygen atoms in total. The van der Waals surface area contributed by atoms with Gasteiger partial charge in [-0.25, -0.2) is 9.97 Å². The molecule has 0 bridgehead atoms. The monoisotopic (exact) mass is 738 g/mol. The Balaban J connectivity index is 1.38. The molecule has 0 unspecified atom stereocenters. The third-order valence-corrected chi connectivity index (χ3v) is 10.9. The second kappa shape index (κ2) is 15.5. The van der Waals surface area contributed by atoms with Crippen LogP contribution in [0, 0.1) is 0 Å². The van der Waals surface area contributed by atoms with E-state index in [9.17, 15) is 0 Å². The summed E-state index contributed by atoms with van der Waals surface area (Å²) in [6, 6.07) is 81.6. The van der Waals surface area contributed by atoms with Gasteiger partial charge in [-0.1, -0.05) is 231 Å². The Kier molecular flexibility index (Phi) is 9.27. The molecule has 0 saturated heterocycles. The molecule has 0 fully saturated rings. The van der Waals surface area contributed by atoms with Crippen LogP contribution < -0.4 is 0 Å². The van der Waals surface area contributed by atoms with Crippen LogP contribution >= 0.6 is 0 Å². The molecule has 0 radical (unpaired) electrons. The van der Waals surface area contributed by atoms with Gasteiger partial charge < -0.3 is 0 Å². The predicted octanol–water partition coefficient (Wildman–Crippen LogP) is 15.0. The van der Waals surface area contributed by atoms with Crippen molar-refractivity contribution in [2.75, 3.05) is 0 Å². The Labute approximate surface area is 339 Å². The van der Waals surface area contributed by atoms with Crippen LogP contribution in [0.4, 0.5) is 0 Å². The molecule has 0 amide bonds. The van der Waals surface area contributed by atoms with Gasteiger partial charge in [0.15, 0.2) is 0 Å². The van der Waals surface area contributed by atoms with E-state index in [0.717, 1.165) is 78.1 Å². The Bertz CT molecular complexity index is 2760. The lowest BCUT2D eigenvalue weighted by molar-refractivity contribution is 1.29. The van der Waals surface area contributed by atoms with Crippen LogP contribution in [-0.2, 0) is 0 Å². The van der Waals surface area contributed by atoms with Gasteiger partial charge in [-0.05, 0) is 44.5 Å². The second-order valence-corrected chi connectivity index (χ2v) is 14.5. The van der Waals surface area contributed by atoms with E-state index < -0.39 is 0 Å². The summed E-state index contributed by atoms with van der Waals surface area (Å²) in [6.45, 7) is 0. The maximum absolute atomic E-state index is 5.76. The van der Waals surface area contributed by atoms with Gasteiger partial charge >= 0.3 is 0 Å². The Morgan fingerprint density at radius 1 is 0.172 bits per heavy atom. The molecule has 0 aliphatic heterocycles. The van der Waals surface area contributed by atoms with E-state index >= 15 is 0 Å². The summed E-state index contributed by atoms with van der Waals surface area (Å²) in [4.78, 5) is 11.5. The van der Waals surface area contributed by atoms with Crippen molar-refractivity contribution >= 4 is 11.0 Å². The van der Waals surface area contributed by atoms with Crippen molar-refractivity contribution in [3.05, 3.63) is 231 Å². The maximum Gasteiger partial charge on any atom is 0.0986 e. The number of hydrogen-bond acceptors (Lipinski definition) is 2. The van der Waals surface area contributed by atoms with Crippen LogP contribution in [0.3, 0.4) is 0 Å². The van der Waals surface area contributed by atoms with E-state index in [2.05, 4.69) is 231 Å². The Morgan fingerprint density at radius 3 is 0.672 bits per heavy atom. The average Bonchev–Trinajstić information content (AvgIpc) is 3.32.